The Morgan fingerprint density at radius 3 is 3.07 bits per heavy atom. The third-order valence-corrected chi connectivity index (χ3v) is 2.36. The Hall–Kier alpha value is -1.67. The van der Waals surface area contributed by atoms with Gasteiger partial charge in [0.25, 0.3) is 0 Å². The van der Waals surface area contributed by atoms with Crippen LogP contribution in [0.15, 0.2) is 12.4 Å². The zero-order valence-electron chi connectivity index (χ0n) is 8.31. The minimum Gasteiger partial charge on any atom is -0.381 e. The van der Waals surface area contributed by atoms with Crippen LogP contribution in [0, 0.1) is 17.2 Å². The number of nitrogens with one attached hydrogen (secondary N) is 1. The van der Waals surface area contributed by atoms with Crippen LogP contribution in [0.1, 0.15) is 12.1 Å². The summed E-state index contributed by atoms with van der Waals surface area (Å²) in [5, 5.41) is 11.7. The zero-order chi connectivity index (χ0) is 10.5. The van der Waals surface area contributed by atoms with Crippen molar-refractivity contribution in [1.29, 1.82) is 5.26 Å². The third kappa shape index (κ3) is 2.64. The van der Waals surface area contributed by atoms with E-state index in [4.69, 9.17) is 10.00 Å². The highest BCUT2D eigenvalue weighted by Crippen LogP contribution is 2.12. The van der Waals surface area contributed by atoms with Gasteiger partial charge in [-0.2, -0.15) is 5.26 Å². The Bertz CT molecular complexity index is 351. The number of hydrogen-bond acceptors (Lipinski definition) is 5. The molecular formula is C10H12N4O. The minimum absolute atomic E-state index is 0.338. The predicted molar refractivity (Wildman–Crippen MR) is 54.2 cm³/mol. The van der Waals surface area contributed by atoms with E-state index in [-0.39, 0.29) is 0 Å². The fraction of sp³-hybridized carbons (Fsp3) is 0.500. The van der Waals surface area contributed by atoms with Crippen LogP contribution in [0.2, 0.25) is 0 Å². The molecule has 0 bridgehead atoms. The summed E-state index contributed by atoms with van der Waals surface area (Å²) < 4.78 is 5.26. The molecule has 1 N–H and O–H groups in total. The summed E-state index contributed by atoms with van der Waals surface area (Å²) in [7, 11) is 0. The molecule has 1 aliphatic rings. The van der Waals surface area contributed by atoms with Crippen molar-refractivity contribution in [1.82, 2.24) is 9.97 Å². The van der Waals surface area contributed by atoms with Crippen LogP contribution in [0.4, 0.5) is 5.82 Å². The number of nitrogens with zero attached hydrogens (tertiary/aromatic N) is 3. The molecule has 0 spiro atoms. The zero-order valence-corrected chi connectivity index (χ0v) is 8.31. The number of hydrogen-bond donors (Lipinski definition) is 1. The van der Waals surface area contributed by atoms with Crippen molar-refractivity contribution in [3.63, 3.8) is 0 Å². The summed E-state index contributed by atoms with van der Waals surface area (Å²) in [6, 6.07) is 1.93. The van der Waals surface area contributed by atoms with Gasteiger partial charge in [0, 0.05) is 19.1 Å². The monoisotopic (exact) mass is 204 g/mol. The van der Waals surface area contributed by atoms with Gasteiger partial charge >= 0.3 is 0 Å². The number of ether oxygens (including phenoxy) is 1. The molecular weight excluding hydrogens is 192 g/mol. The largest absolute Gasteiger partial charge is 0.381 e. The van der Waals surface area contributed by atoms with Crippen LogP contribution in [0.3, 0.4) is 0 Å². The number of nitriles is 1. The SMILES string of the molecule is N#Cc1cnc(NCC2CCOC2)cn1. The van der Waals surface area contributed by atoms with E-state index in [9.17, 15) is 0 Å². The fourth-order valence-electron chi connectivity index (χ4n) is 1.47. The maximum Gasteiger partial charge on any atom is 0.158 e. The van der Waals surface area contributed by atoms with Gasteiger partial charge in [0.05, 0.1) is 19.0 Å². The predicted octanol–water partition coefficient (Wildman–Crippen LogP) is 0.797. The highest BCUT2D eigenvalue weighted by Gasteiger charge is 2.15. The normalized spacial score (nSPS) is 19.8. The third-order valence-electron chi connectivity index (χ3n) is 2.36. The molecule has 0 radical (unpaired) electrons. The van der Waals surface area contributed by atoms with Crippen LogP contribution < -0.4 is 5.32 Å². The molecule has 1 aromatic heterocycles. The standard InChI is InChI=1S/C10H12N4O/c11-3-9-5-14-10(6-12-9)13-4-8-1-2-15-7-8/h5-6,8H,1-2,4,7H2,(H,13,14). The maximum atomic E-state index is 8.54. The van der Waals surface area contributed by atoms with Crippen LogP contribution >= 0.6 is 0 Å². The molecule has 0 saturated carbocycles. The van der Waals surface area contributed by atoms with E-state index in [1.54, 1.807) is 6.20 Å². The fourth-order valence-corrected chi connectivity index (χ4v) is 1.47. The molecule has 5 heteroatoms. The van der Waals surface area contributed by atoms with Crippen LogP contribution in [-0.2, 0) is 4.74 Å². The van der Waals surface area contributed by atoms with Crippen molar-refractivity contribution in [3.8, 4) is 6.07 Å². The van der Waals surface area contributed by atoms with E-state index in [0.717, 1.165) is 26.2 Å². The summed E-state index contributed by atoms with van der Waals surface area (Å²) in [5.41, 5.74) is 0.338. The Kier molecular flexibility index (Phi) is 3.10. The molecule has 0 aliphatic carbocycles. The Balaban J connectivity index is 1.85. The van der Waals surface area contributed by atoms with E-state index in [2.05, 4.69) is 15.3 Å². The van der Waals surface area contributed by atoms with E-state index in [0.29, 0.717) is 17.4 Å². The first-order valence-corrected chi connectivity index (χ1v) is 4.92. The quantitative estimate of drug-likeness (QED) is 0.788. The van der Waals surface area contributed by atoms with Gasteiger partial charge in [-0.15, -0.1) is 0 Å². The Morgan fingerprint density at radius 2 is 2.47 bits per heavy atom. The first kappa shape index (κ1) is 9.87. The van der Waals surface area contributed by atoms with Crippen LogP contribution in [0.25, 0.3) is 0 Å². The highest BCUT2D eigenvalue weighted by atomic mass is 16.5. The van der Waals surface area contributed by atoms with Crippen LogP contribution in [0.5, 0.6) is 0 Å². The Morgan fingerprint density at radius 1 is 1.53 bits per heavy atom. The summed E-state index contributed by atoms with van der Waals surface area (Å²) in [4.78, 5) is 8.00. The number of aromatic nitrogens is 2. The molecule has 2 rings (SSSR count). The van der Waals surface area contributed by atoms with Gasteiger partial charge in [0.1, 0.15) is 11.9 Å². The molecule has 1 aliphatic heterocycles. The van der Waals surface area contributed by atoms with Crippen molar-refractivity contribution >= 4 is 5.82 Å². The van der Waals surface area contributed by atoms with E-state index < -0.39 is 0 Å². The van der Waals surface area contributed by atoms with Gasteiger partial charge in [-0.25, -0.2) is 9.97 Å². The molecule has 5 nitrogen and oxygen atoms in total. The maximum absolute atomic E-state index is 8.54. The van der Waals surface area contributed by atoms with E-state index in [1.165, 1.54) is 6.20 Å². The topological polar surface area (TPSA) is 70.8 Å². The summed E-state index contributed by atoms with van der Waals surface area (Å²) in [6.45, 7) is 2.52. The van der Waals surface area contributed by atoms with Gasteiger partial charge in [0.15, 0.2) is 5.69 Å². The van der Waals surface area contributed by atoms with Gasteiger partial charge in [-0.3, -0.25) is 0 Å². The van der Waals surface area contributed by atoms with Crippen molar-refractivity contribution < 1.29 is 4.74 Å². The summed E-state index contributed by atoms with van der Waals surface area (Å²) >= 11 is 0. The highest BCUT2D eigenvalue weighted by molar-refractivity contribution is 5.33. The molecule has 78 valence electrons. The van der Waals surface area contributed by atoms with Gasteiger partial charge in [-0.1, -0.05) is 0 Å². The molecule has 1 unspecified atom stereocenters. The van der Waals surface area contributed by atoms with E-state index in [1.807, 2.05) is 6.07 Å². The molecule has 1 saturated heterocycles. The number of anilines is 1. The van der Waals surface area contributed by atoms with Gasteiger partial charge < -0.3 is 10.1 Å². The molecule has 1 atom stereocenters. The minimum atomic E-state index is 0.338. The lowest BCUT2D eigenvalue weighted by Crippen LogP contribution is -2.14. The number of rotatable bonds is 3. The second-order valence-corrected chi connectivity index (χ2v) is 3.51. The second-order valence-electron chi connectivity index (χ2n) is 3.51. The van der Waals surface area contributed by atoms with Crippen molar-refractivity contribution in [2.24, 2.45) is 5.92 Å². The first-order valence-electron chi connectivity index (χ1n) is 4.92. The first-order chi connectivity index (χ1) is 7.38. The van der Waals surface area contributed by atoms with Gasteiger partial charge in [0.2, 0.25) is 0 Å². The van der Waals surface area contributed by atoms with Crippen molar-refractivity contribution in [2.75, 3.05) is 25.1 Å². The Labute approximate surface area is 88.1 Å². The van der Waals surface area contributed by atoms with E-state index >= 15 is 0 Å². The lowest BCUT2D eigenvalue weighted by molar-refractivity contribution is 0.187. The molecule has 1 aromatic rings. The molecule has 0 amide bonds. The lowest BCUT2D eigenvalue weighted by atomic mass is 10.1. The average molecular weight is 204 g/mol. The smallest absolute Gasteiger partial charge is 0.158 e. The average Bonchev–Trinajstić information content (AvgIpc) is 2.80. The summed E-state index contributed by atoms with van der Waals surface area (Å²) in [6.07, 6.45) is 4.14. The second kappa shape index (κ2) is 4.71. The molecule has 15 heavy (non-hydrogen) atoms. The van der Waals surface area contributed by atoms with Crippen molar-refractivity contribution in [2.45, 2.75) is 6.42 Å². The molecule has 0 aromatic carbocycles. The van der Waals surface area contributed by atoms with Crippen LogP contribution in [-0.4, -0.2) is 29.7 Å². The summed E-state index contributed by atoms with van der Waals surface area (Å²) in [5.74, 6) is 1.27. The van der Waals surface area contributed by atoms with Crippen molar-refractivity contribution in [3.05, 3.63) is 18.1 Å². The molecule has 2 heterocycles. The molecule has 1 fully saturated rings. The lowest BCUT2D eigenvalue weighted by Gasteiger charge is -2.08. The van der Waals surface area contributed by atoms with Gasteiger partial charge in [-0.05, 0) is 6.42 Å².